The van der Waals surface area contributed by atoms with Crippen LogP contribution in [-0.2, 0) is 10.0 Å². The van der Waals surface area contributed by atoms with Gasteiger partial charge in [0.25, 0.3) is 0 Å². The molecular weight excluding hydrogens is 345 g/mol. The minimum Gasteiger partial charge on any atom is -0.208 e. The Labute approximate surface area is 128 Å². The summed E-state index contributed by atoms with van der Waals surface area (Å²) in [5.74, 6) is -0.197. The van der Waals surface area contributed by atoms with Crippen LogP contribution in [0.2, 0.25) is 0 Å². The Hall–Kier alpha value is -0.460. The van der Waals surface area contributed by atoms with Crippen molar-refractivity contribution in [2.45, 2.75) is 50.0 Å². The molecule has 20 heavy (non-hydrogen) atoms. The number of hydrogen-bond donors (Lipinski definition) is 1. The maximum absolute atomic E-state index is 13.5. The zero-order valence-electron chi connectivity index (χ0n) is 11.4. The first-order valence-corrected chi connectivity index (χ1v) is 9.15. The Morgan fingerprint density at radius 2 is 1.95 bits per heavy atom. The first-order chi connectivity index (χ1) is 9.40. The fourth-order valence-electron chi connectivity index (χ4n) is 2.69. The molecule has 1 aliphatic carbocycles. The van der Waals surface area contributed by atoms with Gasteiger partial charge >= 0.3 is 0 Å². The van der Waals surface area contributed by atoms with Crippen molar-refractivity contribution in [3.63, 3.8) is 0 Å². The standard InChI is InChI=1S/C14H19BrFNO2S/c1-10(11-5-3-2-4-6-11)17-20(18,19)12-7-8-13(15)14(16)9-12/h7-11,17H,2-6H2,1H3. The van der Waals surface area contributed by atoms with E-state index < -0.39 is 15.8 Å². The Balaban J connectivity index is 2.11. The van der Waals surface area contributed by atoms with Crippen molar-refractivity contribution >= 4 is 26.0 Å². The van der Waals surface area contributed by atoms with Crippen molar-refractivity contribution in [3.05, 3.63) is 28.5 Å². The molecule has 1 aliphatic rings. The van der Waals surface area contributed by atoms with Crippen LogP contribution in [0.1, 0.15) is 39.0 Å². The molecule has 112 valence electrons. The van der Waals surface area contributed by atoms with Crippen LogP contribution in [0.25, 0.3) is 0 Å². The summed E-state index contributed by atoms with van der Waals surface area (Å²) in [6, 6.07) is 3.74. The van der Waals surface area contributed by atoms with E-state index in [1.807, 2.05) is 6.92 Å². The molecule has 3 nitrogen and oxygen atoms in total. The minimum absolute atomic E-state index is 0.0270. The highest BCUT2D eigenvalue weighted by atomic mass is 79.9. The fraction of sp³-hybridized carbons (Fsp3) is 0.571. The van der Waals surface area contributed by atoms with Gasteiger partial charge in [0, 0.05) is 6.04 Å². The van der Waals surface area contributed by atoms with Crippen LogP contribution in [0.5, 0.6) is 0 Å². The molecule has 1 fully saturated rings. The fourth-order valence-corrected chi connectivity index (χ4v) is 4.26. The third kappa shape index (κ3) is 3.80. The van der Waals surface area contributed by atoms with Crippen molar-refractivity contribution < 1.29 is 12.8 Å². The highest BCUT2D eigenvalue weighted by Gasteiger charge is 2.25. The largest absolute Gasteiger partial charge is 0.240 e. The van der Waals surface area contributed by atoms with E-state index in [1.54, 1.807) is 0 Å². The highest BCUT2D eigenvalue weighted by Crippen LogP contribution is 2.27. The topological polar surface area (TPSA) is 46.2 Å². The van der Waals surface area contributed by atoms with Crippen molar-refractivity contribution in [1.82, 2.24) is 4.72 Å². The first-order valence-electron chi connectivity index (χ1n) is 6.87. The van der Waals surface area contributed by atoms with Gasteiger partial charge in [0.05, 0.1) is 9.37 Å². The van der Waals surface area contributed by atoms with Crippen molar-refractivity contribution in [2.75, 3.05) is 0 Å². The van der Waals surface area contributed by atoms with Crippen LogP contribution in [0.3, 0.4) is 0 Å². The molecular formula is C14H19BrFNO2S. The second-order valence-corrected chi connectivity index (χ2v) is 7.95. The van der Waals surface area contributed by atoms with E-state index in [9.17, 15) is 12.8 Å². The molecule has 0 aliphatic heterocycles. The number of benzene rings is 1. The lowest BCUT2D eigenvalue weighted by Crippen LogP contribution is -2.38. The van der Waals surface area contributed by atoms with Gasteiger partial charge in [-0.25, -0.2) is 17.5 Å². The third-order valence-electron chi connectivity index (χ3n) is 3.90. The maximum atomic E-state index is 13.5. The molecule has 1 aromatic rings. The van der Waals surface area contributed by atoms with E-state index >= 15 is 0 Å². The van der Waals surface area contributed by atoms with Gasteiger partial charge in [0.15, 0.2) is 0 Å². The van der Waals surface area contributed by atoms with Gasteiger partial charge in [-0.15, -0.1) is 0 Å². The number of sulfonamides is 1. The average molecular weight is 364 g/mol. The van der Waals surface area contributed by atoms with Gasteiger partial charge in [-0.3, -0.25) is 0 Å². The van der Waals surface area contributed by atoms with E-state index in [1.165, 1.54) is 18.6 Å². The van der Waals surface area contributed by atoms with Gasteiger partial charge in [0.1, 0.15) is 5.82 Å². The van der Waals surface area contributed by atoms with Crippen molar-refractivity contribution in [1.29, 1.82) is 0 Å². The summed E-state index contributed by atoms with van der Waals surface area (Å²) in [4.78, 5) is -0.0270. The third-order valence-corrected chi connectivity index (χ3v) is 6.10. The second-order valence-electron chi connectivity index (χ2n) is 5.38. The quantitative estimate of drug-likeness (QED) is 0.883. The van der Waals surface area contributed by atoms with Crippen LogP contribution in [0.15, 0.2) is 27.6 Å². The lowest BCUT2D eigenvalue weighted by atomic mass is 9.85. The van der Waals surface area contributed by atoms with Crippen LogP contribution >= 0.6 is 15.9 Å². The lowest BCUT2D eigenvalue weighted by Gasteiger charge is -2.28. The predicted molar refractivity (Wildman–Crippen MR) is 80.5 cm³/mol. The first kappa shape index (κ1) is 15.9. The second kappa shape index (κ2) is 6.54. The monoisotopic (exact) mass is 363 g/mol. The van der Waals surface area contributed by atoms with Gasteiger partial charge in [-0.2, -0.15) is 0 Å². The molecule has 0 radical (unpaired) electrons. The van der Waals surface area contributed by atoms with Gasteiger partial charge < -0.3 is 0 Å². The van der Waals surface area contributed by atoms with Crippen LogP contribution in [-0.4, -0.2) is 14.5 Å². The molecule has 0 bridgehead atoms. The molecule has 2 rings (SSSR count). The van der Waals surface area contributed by atoms with Gasteiger partial charge in [-0.1, -0.05) is 19.3 Å². The zero-order chi connectivity index (χ0) is 14.8. The number of hydrogen-bond acceptors (Lipinski definition) is 2. The zero-order valence-corrected chi connectivity index (χ0v) is 13.8. The van der Waals surface area contributed by atoms with Gasteiger partial charge in [0.2, 0.25) is 10.0 Å². The van der Waals surface area contributed by atoms with E-state index in [0.29, 0.717) is 5.92 Å². The summed E-state index contributed by atoms with van der Waals surface area (Å²) in [6.07, 6.45) is 5.65. The van der Waals surface area contributed by atoms with Crippen LogP contribution in [0, 0.1) is 11.7 Å². The Morgan fingerprint density at radius 3 is 2.55 bits per heavy atom. The Bertz CT molecular complexity index is 571. The maximum Gasteiger partial charge on any atom is 0.240 e. The Morgan fingerprint density at radius 1 is 1.30 bits per heavy atom. The molecule has 1 saturated carbocycles. The van der Waals surface area contributed by atoms with E-state index in [4.69, 9.17) is 0 Å². The van der Waals surface area contributed by atoms with Crippen molar-refractivity contribution in [3.8, 4) is 0 Å². The molecule has 0 spiro atoms. The molecule has 1 unspecified atom stereocenters. The lowest BCUT2D eigenvalue weighted by molar-refractivity contribution is 0.303. The predicted octanol–water partition coefficient (Wildman–Crippen LogP) is 3.84. The van der Waals surface area contributed by atoms with E-state index in [2.05, 4.69) is 20.7 Å². The molecule has 0 saturated heterocycles. The summed E-state index contributed by atoms with van der Waals surface area (Å²) < 4.78 is 40.9. The summed E-state index contributed by atoms with van der Waals surface area (Å²) in [5, 5.41) is 0. The Kier molecular flexibility index (Phi) is 5.20. The van der Waals surface area contributed by atoms with Crippen molar-refractivity contribution in [2.24, 2.45) is 5.92 Å². The molecule has 0 amide bonds. The molecule has 1 aromatic carbocycles. The van der Waals surface area contributed by atoms with Gasteiger partial charge in [-0.05, 0) is 59.8 Å². The van der Waals surface area contributed by atoms with Crippen LogP contribution < -0.4 is 4.72 Å². The molecule has 1 atom stereocenters. The number of halogens is 2. The summed E-state index contributed by atoms with van der Waals surface area (Å²) in [7, 11) is -3.66. The summed E-state index contributed by atoms with van der Waals surface area (Å²) in [5.41, 5.74) is 0. The number of rotatable bonds is 4. The van der Waals surface area contributed by atoms with E-state index in [-0.39, 0.29) is 15.4 Å². The molecule has 0 heterocycles. The summed E-state index contributed by atoms with van der Waals surface area (Å²) >= 11 is 3.02. The minimum atomic E-state index is -3.66. The number of nitrogens with one attached hydrogen (secondary N) is 1. The highest BCUT2D eigenvalue weighted by molar-refractivity contribution is 9.10. The normalized spacial score (nSPS) is 18.9. The average Bonchev–Trinajstić information content (AvgIpc) is 2.42. The van der Waals surface area contributed by atoms with Crippen LogP contribution in [0.4, 0.5) is 4.39 Å². The summed E-state index contributed by atoms with van der Waals surface area (Å²) in [6.45, 7) is 1.89. The smallest absolute Gasteiger partial charge is 0.208 e. The van der Waals surface area contributed by atoms with E-state index in [0.717, 1.165) is 31.7 Å². The molecule has 1 N–H and O–H groups in total. The SMILES string of the molecule is CC(NS(=O)(=O)c1ccc(Br)c(F)c1)C1CCCCC1. The molecule has 6 heteroatoms. The molecule has 0 aromatic heterocycles.